The van der Waals surface area contributed by atoms with Crippen molar-refractivity contribution in [1.82, 2.24) is 5.32 Å². The molecule has 0 atom stereocenters. The Labute approximate surface area is 111 Å². The van der Waals surface area contributed by atoms with Crippen LogP contribution in [0.15, 0.2) is 36.0 Å². The minimum absolute atomic E-state index is 0.249. The van der Waals surface area contributed by atoms with Crippen molar-refractivity contribution in [3.63, 3.8) is 0 Å². The number of aromatic carboxylic acids is 1. The van der Waals surface area contributed by atoms with E-state index in [0.717, 1.165) is 0 Å². The fraction of sp³-hybridized carbons (Fsp3) is 0.286. The van der Waals surface area contributed by atoms with Gasteiger partial charge in [0, 0.05) is 18.3 Å². The van der Waals surface area contributed by atoms with E-state index in [9.17, 15) is 9.59 Å². The van der Waals surface area contributed by atoms with Gasteiger partial charge in [-0.3, -0.25) is 0 Å². The highest BCUT2D eigenvalue weighted by atomic mass is 16.5. The summed E-state index contributed by atoms with van der Waals surface area (Å²) >= 11 is 0. The van der Waals surface area contributed by atoms with Crippen molar-refractivity contribution in [3.05, 3.63) is 47.2 Å². The van der Waals surface area contributed by atoms with E-state index in [1.54, 1.807) is 38.1 Å². The topological polar surface area (TPSA) is 75.6 Å². The van der Waals surface area contributed by atoms with Gasteiger partial charge >= 0.3 is 11.9 Å². The molecule has 5 heteroatoms. The zero-order chi connectivity index (χ0) is 14.3. The predicted molar refractivity (Wildman–Crippen MR) is 70.6 cm³/mol. The molecule has 2 N–H and O–H groups in total. The Hall–Kier alpha value is -2.30. The summed E-state index contributed by atoms with van der Waals surface area (Å²) in [5.41, 5.74) is 1.53. The minimum Gasteiger partial charge on any atom is -0.478 e. The van der Waals surface area contributed by atoms with Gasteiger partial charge in [0.1, 0.15) is 0 Å². The van der Waals surface area contributed by atoms with Crippen LogP contribution in [0.1, 0.15) is 29.8 Å². The molecule has 0 saturated carbocycles. The lowest BCUT2D eigenvalue weighted by Gasteiger charge is -2.09. The summed E-state index contributed by atoms with van der Waals surface area (Å²) in [5.74, 6) is -1.39. The third-order valence-electron chi connectivity index (χ3n) is 2.43. The normalized spacial score (nSPS) is 10.9. The number of ether oxygens (including phenoxy) is 1. The van der Waals surface area contributed by atoms with Gasteiger partial charge in [-0.25, -0.2) is 9.59 Å². The molecule has 0 aliphatic carbocycles. The summed E-state index contributed by atoms with van der Waals surface area (Å²) in [7, 11) is 0. The number of hydrogen-bond acceptors (Lipinski definition) is 4. The van der Waals surface area contributed by atoms with Crippen LogP contribution in [0.5, 0.6) is 0 Å². The van der Waals surface area contributed by atoms with E-state index in [1.807, 2.05) is 0 Å². The number of benzene rings is 1. The summed E-state index contributed by atoms with van der Waals surface area (Å²) in [6.45, 7) is 4.12. The third kappa shape index (κ3) is 4.83. The van der Waals surface area contributed by atoms with Crippen LogP contribution < -0.4 is 5.32 Å². The summed E-state index contributed by atoms with van der Waals surface area (Å²) in [4.78, 5) is 22.2. The predicted octanol–water partition coefficient (Wildman–Crippen LogP) is 1.94. The highest BCUT2D eigenvalue weighted by Crippen LogP contribution is 2.09. The van der Waals surface area contributed by atoms with Crippen molar-refractivity contribution in [3.8, 4) is 0 Å². The molecule has 0 aliphatic rings. The Morgan fingerprint density at radius 2 is 2.05 bits per heavy atom. The van der Waals surface area contributed by atoms with Crippen molar-refractivity contribution < 1.29 is 19.4 Å². The number of nitrogens with one attached hydrogen (secondary N) is 1. The van der Waals surface area contributed by atoms with Crippen LogP contribution in [0.3, 0.4) is 0 Å². The first-order valence-corrected chi connectivity index (χ1v) is 5.94. The number of allylic oxidation sites excluding steroid dienone is 1. The number of rotatable bonds is 6. The Morgan fingerprint density at radius 3 is 2.68 bits per heavy atom. The second-order valence-corrected chi connectivity index (χ2v) is 3.90. The molecule has 19 heavy (non-hydrogen) atoms. The quantitative estimate of drug-likeness (QED) is 0.606. The molecular formula is C14H17NO4. The number of hydrogen-bond donors (Lipinski definition) is 2. The molecule has 102 valence electrons. The lowest BCUT2D eigenvalue weighted by Crippen LogP contribution is -2.15. The number of carbonyl (C=O) groups is 2. The Kier molecular flexibility index (Phi) is 5.60. The molecule has 0 saturated heterocycles. The van der Waals surface area contributed by atoms with Gasteiger partial charge in [-0.15, -0.1) is 0 Å². The second-order valence-electron chi connectivity index (χ2n) is 3.90. The van der Waals surface area contributed by atoms with Crippen molar-refractivity contribution >= 4 is 11.9 Å². The average Bonchev–Trinajstić information content (AvgIpc) is 2.36. The van der Waals surface area contributed by atoms with E-state index in [-0.39, 0.29) is 5.56 Å². The molecule has 0 aromatic heterocycles. The van der Waals surface area contributed by atoms with Crippen LogP contribution in [0.4, 0.5) is 0 Å². The third-order valence-corrected chi connectivity index (χ3v) is 2.43. The average molecular weight is 263 g/mol. The fourth-order valence-electron chi connectivity index (χ4n) is 1.53. The van der Waals surface area contributed by atoms with E-state index in [0.29, 0.717) is 24.4 Å². The molecule has 0 heterocycles. The van der Waals surface area contributed by atoms with Crippen LogP contribution in [-0.2, 0) is 16.1 Å². The number of carbonyl (C=O) groups excluding carboxylic acids is 1. The van der Waals surface area contributed by atoms with E-state index < -0.39 is 11.9 Å². The Balaban J connectivity index is 2.67. The van der Waals surface area contributed by atoms with E-state index in [2.05, 4.69) is 5.32 Å². The van der Waals surface area contributed by atoms with Gasteiger partial charge in [-0.2, -0.15) is 0 Å². The van der Waals surface area contributed by atoms with Crippen LogP contribution >= 0.6 is 0 Å². The molecule has 0 unspecified atom stereocenters. The van der Waals surface area contributed by atoms with Gasteiger partial charge in [0.2, 0.25) is 0 Å². The van der Waals surface area contributed by atoms with Gasteiger partial charge in [0.25, 0.3) is 0 Å². The second kappa shape index (κ2) is 7.20. The van der Waals surface area contributed by atoms with Gasteiger partial charge in [0.15, 0.2) is 0 Å². The first-order valence-electron chi connectivity index (χ1n) is 5.94. The maximum absolute atomic E-state index is 11.2. The lowest BCUT2D eigenvalue weighted by molar-refractivity contribution is -0.137. The monoisotopic (exact) mass is 263 g/mol. The first-order chi connectivity index (χ1) is 9.04. The van der Waals surface area contributed by atoms with Crippen molar-refractivity contribution in [1.29, 1.82) is 0 Å². The molecule has 1 aromatic rings. The number of esters is 1. The molecule has 0 spiro atoms. The maximum atomic E-state index is 11.2. The fourth-order valence-corrected chi connectivity index (χ4v) is 1.53. The zero-order valence-electron chi connectivity index (χ0n) is 11.0. The molecule has 0 fully saturated rings. The molecule has 0 bridgehead atoms. The van der Waals surface area contributed by atoms with Crippen LogP contribution in [0.2, 0.25) is 0 Å². The number of carboxylic acid groups (broad SMARTS) is 1. The Morgan fingerprint density at radius 1 is 1.37 bits per heavy atom. The maximum Gasteiger partial charge on any atom is 0.336 e. The number of carboxylic acids is 1. The summed E-state index contributed by atoms with van der Waals surface area (Å²) in [5, 5.41) is 12.0. The lowest BCUT2D eigenvalue weighted by atomic mass is 10.1. The Bertz CT molecular complexity index is 494. The molecule has 0 aliphatic heterocycles. The smallest absolute Gasteiger partial charge is 0.336 e. The SMILES string of the molecule is CCOC(=O)/C=C(/C)NCc1ccccc1C(=O)O. The highest BCUT2D eigenvalue weighted by molar-refractivity contribution is 5.89. The van der Waals surface area contributed by atoms with Crippen LogP contribution in [-0.4, -0.2) is 23.7 Å². The van der Waals surface area contributed by atoms with Gasteiger partial charge in [-0.1, -0.05) is 18.2 Å². The summed E-state index contributed by atoms with van der Waals surface area (Å²) in [6, 6.07) is 6.72. The summed E-state index contributed by atoms with van der Waals surface area (Å²) in [6.07, 6.45) is 1.34. The molecule has 5 nitrogen and oxygen atoms in total. The van der Waals surface area contributed by atoms with Crippen LogP contribution in [0, 0.1) is 0 Å². The first kappa shape index (κ1) is 14.8. The van der Waals surface area contributed by atoms with Gasteiger partial charge in [0.05, 0.1) is 12.2 Å². The molecule has 1 aromatic carbocycles. The van der Waals surface area contributed by atoms with Crippen molar-refractivity contribution in [2.24, 2.45) is 0 Å². The largest absolute Gasteiger partial charge is 0.478 e. The minimum atomic E-state index is -0.968. The van der Waals surface area contributed by atoms with Crippen LogP contribution in [0.25, 0.3) is 0 Å². The van der Waals surface area contributed by atoms with Crippen molar-refractivity contribution in [2.45, 2.75) is 20.4 Å². The molecular weight excluding hydrogens is 246 g/mol. The summed E-state index contributed by atoms with van der Waals surface area (Å²) < 4.78 is 4.78. The van der Waals surface area contributed by atoms with E-state index in [4.69, 9.17) is 9.84 Å². The van der Waals surface area contributed by atoms with Gasteiger partial charge < -0.3 is 15.2 Å². The zero-order valence-corrected chi connectivity index (χ0v) is 11.0. The van der Waals surface area contributed by atoms with E-state index in [1.165, 1.54) is 6.08 Å². The van der Waals surface area contributed by atoms with E-state index >= 15 is 0 Å². The molecule has 0 amide bonds. The van der Waals surface area contributed by atoms with Gasteiger partial charge in [-0.05, 0) is 25.5 Å². The molecule has 1 rings (SSSR count). The molecule has 0 radical (unpaired) electrons. The standard InChI is InChI=1S/C14H17NO4/c1-3-19-13(16)8-10(2)15-9-11-6-4-5-7-12(11)14(17)18/h4-8,15H,3,9H2,1-2H3,(H,17,18)/b10-8-. The van der Waals surface area contributed by atoms with Crippen molar-refractivity contribution in [2.75, 3.05) is 6.61 Å². The highest BCUT2D eigenvalue weighted by Gasteiger charge is 2.08.